The molecule has 1 atom stereocenters. The Hall–Kier alpha value is -1.65. The van der Waals surface area contributed by atoms with Crippen LogP contribution < -0.4 is 10.2 Å². The molecule has 1 saturated heterocycles. The highest BCUT2D eigenvalue weighted by molar-refractivity contribution is 5.81. The van der Waals surface area contributed by atoms with Crippen LogP contribution >= 0.6 is 0 Å². The molecule has 0 spiro atoms. The molecule has 1 aromatic heterocycles. The van der Waals surface area contributed by atoms with E-state index in [1.165, 1.54) is 30.2 Å². The minimum absolute atomic E-state index is 0.327. The number of benzene rings is 1. The van der Waals surface area contributed by atoms with Gasteiger partial charge in [0, 0.05) is 37.1 Å². The van der Waals surface area contributed by atoms with Crippen LogP contribution in [0.25, 0.3) is 10.9 Å². The van der Waals surface area contributed by atoms with Gasteiger partial charge in [-0.3, -0.25) is 0 Å². The molecule has 118 valence electrons. The van der Waals surface area contributed by atoms with E-state index in [9.17, 15) is 5.11 Å². The Labute approximate surface area is 132 Å². The fraction of sp³-hybridized carbons (Fsp3) is 0.500. The minimum Gasteiger partial charge on any atom is -0.392 e. The first-order valence-corrected chi connectivity index (χ1v) is 8.26. The summed E-state index contributed by atoms with van der Waals surface area (Å²) in [4.78, 5) is 7.33. The van der Waals surface area contributed by atoms with Gasteiger partial charge in [0.2, 0.25) is 0 Å². The van der Waals surface area contributed by atoms with Gasteiger partial charge in [-0.05, 0) is 38.3 Å². The number of aromatic nitrogens is 1. The average molecular weight is 299 g/mol. The molecule has 0 bridgehead atoms. The number of fused-ring (bicyclic) bond motifs is 1. The van der Waals surface area contributed by atoms with E-state index in [1.807, 2.05) is 6.07 Å². The van der Waals surface area contributed by atoms with Gasteiger partial charge in [-0.1, -0.05) is 18.2 Å². The van der Waals surface area contributed by atoms with Crippen molar-refractivity contribution < 1.29 is 5.11 Å². The Morgan fingerprint density at radius 2 is 2.00 bits per heavy atom. The number of hydrogen-bond acceptors (Lipinski definition) is 4. The zero-order chi connectivity index (χ0) is 15.4. The summed E-state index contributed by atoms with van der Waals surface area (Å²) in [5.41, 5.74) is 2.28. The predicted octanol–water partition coefficient (Wildman–Crippen LogP) is 2.70. The third-order valence-corrected chi connectivity index (χ3v) is 4.19. The smallest absolute Gasteiger partial charge is 0.133 e. The molecule has 1 aliphatic heterocycles. The van der Waals surface area contributed by atoms with Crippen LogP contribution in [0.4, 0.5) is 5.82 Å². The summed E-state index contributed by atoms with van der Waals surface area (Å²) >= 11 is 0. The lowest BCUT2D eigenvalue weighted by Crippen LogP contribution is -2.32. The molecule has 1 fully saturated rings. The number of hydrogen-bond donors (Lipinski definition) is 2. The molecular formula is C18H25N3O. The lowest BCUT2D eigenvalue weighted by atomic mass is 10.1. The maximum absolute atomic E-state index is 9.43. The van der Waals surface area contributed by atoms with Crippen molar-refractivity contribution in [1.29, 1.82) is 0 Å². The van der Waals surface area contributed by atoms with Gasteiger partial charge < -0.3 is 15.3 Å². The highest BCUT2D eigenvalue weighted by Crippen LogP contribution is 2.26. The number of pyridine rings is 1. The normalized spacial score (nSPS) is 16.9. The van der Waals surface area contributed by atoms with Crippen molar-refractivity contribution in [1.82, 2.24) is 10.3 Å². The first-order valence-electron chi connectivity index (χ1n) is 8.26. The van der Waals surface area contributed by atoms with E-state index < -0.39 is 0 Å². The summed E-state index contributed by atoms with van der Waals surface area (Å²) in [7, 11) is 0. The van der Waals surface area contributed by atoms with E-state index in [0.29, 0.717) is 6.54 Å². The second kappa shape index (κ2) is 7.07. The molecule has 4 nitrogen and oxygen atoms in total. The molecule has 2 aromatic rings. The Bertz CT molecular complexity index is 621. The minimum atomic E-state index is -0.327. The number of nitrogens with one attached hydrogen (secondary N) is 1. The monoisotopic (exact) mass is 299 g/mol. The number of anilines is 1. The average Bonchev–Trinajstić information content (AvgIpc) is 2.54. The third kappa shape index (κ3) is 3.57. The highest BCUT2D eigenvalue weighted by Gasteiger charge is 2.16. The third-order valence-electron chi connectivity index (χ3n) is 4.19. The van der Waals surface area contributed by atoms with E-state index >= 15 is 0 Å². The summed E-state index contributed by atoms with van der Waals surface area (Å²) in [6.07, 6.45) is 3.48. The van der Waals surface area contributed by atoms with Gasteiger partial charge in [0.05, 0.1) is 11.6 Å². The molecule has 0 amide bonds. The Morgan fingerprint density at radius 1 is 1.23 bits per heavy atom. The Kier molecular flexibility index (Phi) is 4.90. The van der Waals surface area contributed by atoms with Crippen molar-refractivity contribution in [3.8, 4) is 0 Å². The van der Waals surface area contributed by atoms with Crippen LogP contribution in [0.1, 0.15) is 31.7 Å². The van der Waals surface area contributed by atoms with Crippen molar-refractivity contribution in [3.05, 3.63) is 35.9 Å². The predicted molar refractivity (Wildman–Crippen MR) is 91.2 cm³/mol. The summed E-state index contributed by atoms with van der Waals surface area (Å²) in [6.45, 7) is 5.33. The van der Waals surface area contributed by atoms with Crippen molar-refractivity contribution in [2.24, 2.45) is 0 Å². The van der Waals surface area contributed by atoms with E-state index in [4.69, 9.17) is 4.98 Å². The second-order valence-electron chi connectivity index (χ2n) is 6.19. The SMILES string of the molecule is CC(O)CNCc1cc2ccccc2nc1N1CCCCC1. The van der Waals surface area contributed by atoms with Crippen molar-refractivity contribution in [3.63, 3.8) is 0 Å². The summed E-state index contributed by atoms with van der Waals surface area (Å²) in [6, 6.07) is 10.5. The van der Waals surface area contributed by atoms with Crippen LogP contribution in [0.3, 0.4) is 0 Å². The zero-order valence-electron chi connectivity index (χ0n) is 13.3. The van der Waals surface area contributed by atoms with Crippen LogP contribution in [-0.4, -0.2) is 35.8 Å². The van der Waals surface area contributed by atoms with E-state index in [-0.39, 0.29) is 6.10 Å². The van der Waals surface area contributed by atoms with Gasteiger partial charge in [0.25, 0.3) is 0 Å². The van der Waals surface area contributed by atoms with Crippen LogP contribution in [0, 0.1) is 0 Å². The van der Waals surface area contributed by atoms with Crippen molar-refractivity contribution >= 4 is 16.7 Å². The quantitative estimate of drug-likeness (QED) is 0.891. The maximum atomic E-state index is 9.43. The largest absolute Gasteiger partial charge is 0.392 e. The number of piperidine rings is 1. The van der Waals surface area contributed by atoms with Gasteiger partial charge in [-0.15, -0.1) is 0 Å². The van der Waals surface area contributed by atoms with Crippen LogP contribution in [-0.2, 0) is 6.54 Å². The van der Waals surface area contributed by atoms with E-state index in [1.54, 1.807) is 6.92 Å². The molecule has 2 heterocycles. The van der Waals surface area contributed by atoms with Crippen LogP contribution in [0.15, 0.2) is 30.3 Å². The van der Waals surface area contributed by atoms with Gasteiger partial charge in [-0.25, -0.2) is 4.98 Å². The number of aliphatic hydroxyl groups excluding tert-OH is 1. The fourth-order valence-corrected chi connectivity index (χ4v) is 3.07. The molecule has 22 heavy (non-hydrogen) atoms. The van der Waals surface area contributed by atoms with Gasteiger partial charge in [0.1, 0.15) is 5.82 Å². The Morgan fingerprint density at radius 3 is 2.77 bits per heavy atom. The van der Waals surface area contributed by atoms with Gasteiger partial charge in [-0.2, -0.15) is 0 Å². The molecule has 0 radical (unpaired) electrons. The molecular weight excluding hydrogens is 274 g/mol. The first-order chi connectivity index (χ1) is 10.7. The lowest BCUT2D eigenvalue weighted by Gasteiger charge is -2.30. The summed E-state index contributed by atoms with van der Waals surface area (Å²) in [5.74, 6) is 1.11. The molecule has 0 aliphatic carbocycles. The molecule has 1 aliphatic rings. The standard InChI is InChI=1S/C18H25N3O/c1-14(22)12-19-13-16-11-15-7-3-4-8-17(15)20-18(16)21-9-5-2-6-10-21/h3-4,7-8,11,14,19,22H,2,5-6,9-10,12-13H2,1H3. The van der Waals surface area contributed by atoms with E-state index in [0.717, 1.165) is 31.0 Å². The molecule has 2 N–H and O–H groups in total. The molecule has 3 rings (SSSR count). The number of nitrogens with zero attached hydrogens (tertiary/aromatic N) is 2. The highest BCUT2D eigenvalue weighted by atomic mass is 16.3. The van der Waals surface area contributed by atoms with Crippen molar-refractivity contribution in [2.45, 2.75) is 38.8 Å². The zero-order valence-corrected chi connectivity index (χ0v) is 13.3. The first kappa shape index (κ1) is 15.3. The van der Waals surface area contributed by atoms with Crippen LogP contribution in [0.5, 0.6) is 0 Å². The second-order valence-corrected chi connectivity index (χ2v) is 6.19. The topological polar surface area (TPSA) is 48.4 Å². The fourth-order valence-electron chi connectivity index (χ4n) is 3.07. The summed E-state index contributed by atoms with van der Waals surface area (Å²) in [5, 5.41) is 13.9. The van der Waals surface area contributed by atoms with E-state index in [2.05, 4.69) is 34.5 Å². The molecule has 1 aromatic carbocycles. The molecule has 1 unspecified atom stereocenters. The number of para-hydroxylation sites is 1. The molecule has 0 saturated carbocycles. The summed E-state index contributed by atoms with van der Waals surface area (Å²) < 4.78 is 0. The molecule has 4 heteroatoms. The lowest BCUT2D eigenvalue weighted by molar-refractivity contribution is 0.191. The number of rotatable bonds is 5. The Balaban J connectivity index is 1.90. The number of aliphatic hydroxyl groups is 1. The maximum Gasteiger partial charge on any atom is 0.133 e. The van der Waals surface area contributed by atoms with Gasteiger partial charge >= 0.3 is 0 Å². The van der Waals surface area contributed by atoms with Gasteiger partial charge in [0.15, 0.2) is 0 Å². The van der Waals surface area contributed by atoms with Crippen molar-refractivity contribution in [2.75, 3.05) is 24.5 Å². The van der Waals surface area contributed by atoms with Crippen LogP contribution in [0.2, 0.25) is 0 Å².